The Hall–Kier alpha value is -3.36. The number of aliphatic carboxylic acids is 1. The van der Waals surface area contributed by atoms with E-state index >= 15 is 0 Å². The van der Waals surface area contributed by atoms with E-state index < -0.39 is 5.97 Å². The molecule has 1 atom stereocenters. The molecule has 1 aliphatic carbocycles. The first kappa shape index (κ1) is 23.4. The molecule has 0 spiro atoms. The van der Waals surface area contributed by atoms with Gasteiger partial charge in [0.15, 0.2) is 0 Å². The first-order valence-electron chi connectivity index (χ1n) is 12.5. The summed E-state index contributed by atoms with van der Waals surface area (Å²) in [6, 6.07) is 4.38. The average Bonchev–Trinajstić information content (AvgIpc) is 3.45. The lowest BCUT2D eigenvalue weighted by atomic mass is 9.85. The van der Waals surface area contributed by atoms with Crippen LogP contribution in [0.4, 0.5) is 10.5 Å². The lowest BCUT2D eigenvalue weighted by Gasteiger charge is -2.34. The lowest BCUT2D eigenvalue weighted by molar-refractivity contribution is -0.143. The Morgan fingerprint density at radius 3 is 2.57 bits per heavy atom. The Labute approximate surface area is 204 Å². The van der Waals surface area contributed by atoms with Gasteiger partial charge < -0.3 is 14.4 Å². The van der Waals surface area contributed by atoms with Crippen LogP contribution in [0.3, 0.4) is 0 Å². The average molecular weight is 480 g/mol. The summed E-state index contributed by atoms with van der Waals surface area (Å²) in [5, 5.41) is 13.8. The van der Waals surface area contributed by atoms with Gasteiger partial charge in [-0.25, -0.2) is 9.78 Å². The first-order valence-corrected chi connectivity index (χ1v) is 12.5. The molecule has 0 bridgehead atoms. The molecule has 1 amide bonds. The number of anilines is 1. The van der Waals surface area contributed by atoms with Crippen molar-refractivity contribution >= 4 is 28.8 Å². The van der Waals surface area contributed by atoms with Gasteiger partial charge in [-0.3, -0.25) is 14.4 Å². The molecule has 186 valence electrons. The van der Waals surface area contributed by atoms with Gasteiger partial charge >= 0.3 is 12.1 Å². The molecular formula is C26H33N5O4. The summed E-state index contributed by atoms with van der Waals surface area (Å²) in [5.41, 5.74) is 5.15. The summed E-state index contributed by atoms with van der Waals surface area (Å²) in [6.45, 7) is 2.04. The number of hydrogen-bond acceptors (Lipinski definition) is 5. The monoisotopic (exact) mass is 479 g/mol. The molecule has 5 rings (SSSR count). The number of carbonyl (C=O) groups excluding carboxylic acids is 1. The van der Waals surface area contributed by atoms with Gasteiger partial charge in [-0.15, -0.1) is 0 Å². The first-order chi connectivity index (χ1) is 16.9. The van der Waals surface area contributed by atoms with Crippen LogP contribution < -0.4 is 4.90 Å². The zero-order valence-electron chi connectivity index (χ0n) is 20.6. The van der Waals surface area contributed by atoms with Crippen molar-refractivity contribution in [2.24, 2.45) is 13.0 Å². The minimum absolute atomic E-state index is 0.0610. The fourth-order valence-corrected chi connectivity index (χ4v) is 5.84. The summed E-state index contributed by atoms with van der Waals surface area (Å²) in [4.78, 5) is 31.0. The number of carboxylic acids is 1. The van der Waals surface area contributed by atoms with Crippen LogP contribution >= 0.6 is 0 Å². The van der Waals surface area contributed by atoms with E-state index in [9.17, 15) is 14.7 Å². The zero-order chi connectivity index (χ0) is 24.7. The number of aryl methyl sites for hydroxylation is 4. The highest BCUT2D eigenvalue weighted by Crippen LogP contribution is 2.40. The van der Waals surface area contributed by atoms with Crippen LogP contribution in [-0.4, -0.2) is 49.7 Å². The fourth-order valence-electron chi connectivity index (χ4n) is 5.84. The molecule has 0 saturated heterocycles. The number of ether oxygens (including phenoxy) is 1. The molecular weight excluding hydrogens is 446 g/mol. The summed E-state index contributed by atoms with van der Waals surface area (Å²) in [5.74, 6) is 0.0591. The molecule has 1 saturated carbocycles. The van der Waals surface area contributed by atoms with Crippen LogP contribution in [0.25, 0.3) is 11.0 Å². The van der Waals surface area contributed by atoms with Crippen LogP contribution in [0.5, 0.6) is 0 Å². The number of amides is 1. The van der Waals surface area contributed by atoms with Crippen molar-refractivity contribution in [3.05, 3.63) is 41.5 Å². The van der Waals surface area contributed by atoms with Crippen molar-refractivity contribution in [3.63, 3.8) is 0 Å². The number of rotatable bonds is 5. The van der Waals surface area contributed by atoms with Crippen LogP contribution in [0.1, 0.15) is 62.0 Å². The lowest BCUT2D eigenvalue weighted by Crippen LogP contribution is -2.42. The predicted molar refractivity (Wildman–Crippen MR) is 132 cm³/mol. The van der Waals surface area contributed by atoms with Crippen molar-refractivity contribution in [1.82, 2.24) is 19.3 Å². The van der Waals surface area contributed by atoms with Gasteiger partial charge in [0, 0.05) is 37.3 Å². The number of carbonyl (C=O) groups is 2. The molecule has 3 aromatic rings. The smallest absolute Gasteiger partial charge is 0.414 e. The largest absolute Gasteiger partial charge is 0.481 e. The molecule has 0 radical (unpaired) electrons. The van der Waals surface area contributed by atoms with E-state index in [0.717, 1.165) is 72.2 Å². The zero-order valence-corrected chi connectivity index (χ0v) is 20.6. The van der Waals surface area contributed by atoms with E-state index in [2.05, 4.69) is 15.7 Å². The van der Waals surface area contributed by atoms with Gasteiger partial charge in [-0.2, -0.15) is 5.10 Å². The number of fused-ring (bicyclic) bond motifs is 3. The quantitative estimate of drug-likeness (QED) is 0.586. The van der Waals surface area contributed by atoms with Crippen molar-refractivity contribution in [2.45, 2.75) is 70.4 Å². The Morgan fingerprint density at radius 2 is 1.91 bits per heavy atom. The minimum atomic E-state index is -0.693. The molecule has 2 aromatic heterocycles. The van der Waals surface area contributed by atoms with E-state index in [-0.39, 0.29) is 24.1 Å². The number of hydrogen-bond donors (Lipinski definition) is 1. The van der Waals surface area contributed by atoms with Gasteiger partial charge in [0.2, 0.25) is 0 Å². The maximum absolute atomic E-state index is 12.6. The molecule has 1 aromatic carbocycles. The standard InChI is InChI=1S/C26H33N5O4/c1-16-4-10-20-21(30(16)26(34)35-3)11-12-22-24(20)28-23(13-5-17-14-27-29(2)15-17)31(22)19-8-6-18(7-9-19)25(32)33/h11-12,14-16,18-19H,4-10,13H2,1-3H3,(H,32,33)/t16-,18?,19?/m0/s1. The second kappa shape index (κ2) is 9.36. The third kappa shape index (κ3) is 4.28. The normalized spacial score (nSPS) is 22.3. The van der Waals surface area contributed by atoms with Crippen molar-refractivity contribution in [3.8, 4) is 0 Å². The van der Waals surface area contributed by atoms with Crippen molar-refractivity contribution in [1.29, 1.82) is 0 Å². The van der Waals surface area contributed by atoms with E-state index in [1.54, 1.807) is 4.90 Å². The Kier molecular flexibility index (Phi) is 6.25. The Morgan fingerprint density at radius 1 is 1.14 bits per heavy atom. The summed E-state index contributed by atoms with van der Waals surface area (Å²) < 4.78 is 9.24. The second-order valence-corrected chi connectivity index (χ2v) is 9.92. The highest BCUT2D eigenvalue weighted by atomic mass is 16.5. The number of imidazole rings is 1. The maximum Gasteiger partial charge on any atom is 0.414 e. The third-order valence-electron chi connectivity index (χ3n) is 7.71. The molecule has 9 nitrogen and oxygen atoms in total. The second-order valence-electron chi connectivity index (χ2n) is 9.92. The summed E-state index contributed by atoms with van der Waals surface area (Å²) >= 11 is 0. The predicted octanol–water partition coefficient (Wildman–Crippen LogP) is 4.28. The third-order valence-corrected chi connectivity index (χ3v) is 7.71. The summed E-state index contributed by atoms with van der Waals surface area (Å²) in [7, 11) is 3.33. The number of carboxylic acid groups (broad SMARTS) is 1. The van der Waals surface area contributed by atoms with E-state index in [1.807, 2.05) is 37.1 Å². The maximum atomic E-state index is 12.6. The van der Waals surface area contributed by atoms with Gasteiger partial charge in [0.05, 0.1) is 35.9 Å². The molecule has 1 aliphatic heterocycles. The SMILES string of the molecule is COC(=O)N1c2ccc3c(nc(CCc4cnn(C)c4)n3C3CCC(C(=O)O)CC3)c2CC[C@@H]1C. The van der Waals surface area contributed by atoms with Gasteiger partial charge in [-0.1, -0.05) is 0 Å². The number of nitrogens with zero attached hydrogens (tertiary/aromatic N) is 5. The van der Waals surface area contributed by atoms with E-state index in [1.165, 1.54) is 7.11 Å². The van der Waals surface area contributed by atoms with Gasteiger partial charge in [-0.05, 0) is 69.6 Å². The minimum Gasteiger partial charge on any atom is -0.481 e. The van der Waals surface area contributed by atoms with E-state index in [4.69, 9.17) is 9.72 Å². The van der Waals surface area contributed by atoms with Gasteiger partial charge in [0.25, 0.3) is 0 Å². The molecule has 35 heavy (non-hydrogen) atoms. The van der Waals surface area contributed by atoms with Crippen LogP contribution in [0, 0.1) is 5.92 Å². The number of aromatic nitrogens is 4. The van der Waals surface area contributed by atoms with Crippen LogP contribution in [-0.2, 0) is 35.8 Å². The van der Waals surface area contributed by atoms with Crippen molar-refractivity contribution < 1.29 is 19.4 Å². The van der Waals surface area contributed by atoms with Crippen LogP contribution in [0.2, 0.25) is 0 Å². The molecule has 1 N–H and O–H groups in total. The Bertz CT molecular complexity index is 1250. The van der Waals surface area contributed by atoms with E-state index in [0.29, 0.717) is 12.8 Å². The highest BCUT2D eigenvalue weighted by molar-refractivity contribution is 5.95. The molecule has 1 fully saturated rings. The van der Waals surface area contributed by atoms with Crippen molar-refractivity contribution in [2.75, 3.05) is 12.0 Å². The Balaban J connectivity index is 1.56. The molecule has 0 unspecified atom stereocenters. The fraction of sp³-hybridized carbons (Fsp3) is 0.538. The van der Waals surface area contributed by atoms with Gasteiger partial charge in [0.1, 0.15) is 5.82 Å². The summed E-state index contributed by atoms with van der Waals surface area (Å²) in [6.07, 6.45) is 9.89. The topological polar surface area (TPSA) is 102 Å². The number of methoxy groups -OCH3 is 1. The highest BCUT2D eigenvalue weighted by Gasteiger charge is 2.33. The molecule has 3 heterocycles. The van der Waals surface area contributed by atoms with Crippen LogP contribution in [0.15, 0.2) is 24.5 Å². The molecule has 2 aliphatic rings. The molecule has 9 heteroatoms. The number of benzene rings is 1.